The smallest absolute Gasteiger partial charge is 0.150 e. The Bertz CT molecular complexity index is 1350. The summed E-state index contributed by atoms with van der Waals surface area (Å²) in [7, 11) is 0. The van der Waals surface area contributed by atoms with Crippen LogP contribution in [0.5, 0.6) is 0 Å². The minimum absolute atomic E-state index is 0.0102. The standard InChI is InChI=1S/C29H33Cl2F2N5O3/c1-28(2,11-12-36-38-35)14-24-29(16-34,20-10-9-17(30)13-22(20)32)25(19-6-4-7-21(31)26(19)33)27(37-24)23(41)8-3-5-18(40)15-39/h4,6-7,9-10,13,18,24-25,27,37,39-40H,3,5,8,11-12,14-15H2,1-2H3/t18-,24-,25-,27-,29-/m0/s1. The normalized spacial score (nSPS) is 23.0. The van der Waals surface area contributed by atoms with Gasteiger partial charge < -0.3 is 15.5 Å². The number of carbonyl (C=O) groups is 1. The summed E-state index contributed by atoms with van der Waals surface area (Å²) in [6.07, 6.45) is 0.0525. The van der Waals surface area contributed by atoms with E-state index in [0.29, 0.717) is 6.42 Å². The van der Waals surface area contributed by atoms with Crippen molar-refractivity contribution < 1.29 is 23.8 Å². The highest BCUT2D eigenvalue weighted by Gasteiger charge is 2.61. The Morgan fingerprint density at radius 3 is 2.68 bits per heavy atom. The number of hydrogen-bond acceptors (Lipinski definition) is 6. The van der Waals surface area contributed by atoms with Crippen LogP contribution in [0.3, 0.4) is 0 Å². The van der Waals surface area contributed by atoms with Crippen molar-refractivity contribution in [3.8, 4) is 6.07 Å². The molecule has 2 aromatic rings. The van der Waals surface area contributed by atoms with E-state index in [-0.39, 0.29) is 59.2 Å². The number of nitrogens with one attached hydrogen (secondary N) is 1. The van der Waals surface area contributed by atoms with Crippen molar-refractivity contribution in [3.05, 3.63) is 79.6 Å². The summed E-state index contributed by atoms with van der Waals surface area (Å²) in [4.78, 5) is 16.5. The van der Waals surface area contributed by atoms with E-state index in [0.717, 1.165) is 6.07 Å². The van der Waals surface area contributed by atoms with E-state index >= 15 is 8.78 Å². The quantitative estimate of drug-likeness (QED) is 0.138. The molecule has 1 aliphatic heterocycles. The maximum absolute atomic E-state index is 15.7. The van der Waals surface area contributed by atoms with Crippen molar-refractivity contribution in [3.63, 3.8) is 0 Å². The number of azide groups is 1. The average molecular weight is 609 g/mol. The number of rotatable bonds is 13. The Morgan fingerprint density at radius 1 is 1.32 bits per heavy atom. The Morgan fingerprint density at radius 2 is 2.05 bits per heavy atom. The summed E-state index contributed by atoms with van der Waals surface area (Å²) in [6.45, 7) is 3.55. The molecule has 0 bridgehead atoms. The SMILES string of the molecule is CC(C)(CCN=[N+]=[N-])C[C@@H]1N[C@@H](C(=O)CCC[C@H](O)CO)[C@H](c2cccc(Cl)c2F)[C@@]1(C#N)c1ccc(Cl)cc1F. The van der Waals surface area contributed by atoms with Crippen LogP contribution in [-0.4, -0.2) is 47.3 Å². The van der Waals surface area contributed by atoms with Crippen molar-refractivity contribution in [1.29, 1.82) is 5.26 Å². The molecule has 220 valence electrons. The molecule has 2 aromatic carbocycles. The zero-order chi connectivity index (χ0) is 30.4. The summed E-state index contributed by atoms with van der Waals surface area (Å²) < 4.78 is 31.5. The molecular formula is C29H33Cl2F2N5O3. The molecule has 1 heterocycles. The van der Waals surface area contributed by atoms with Crippen molar-refractivity contribution >= 4 is 29.0 Å². The van der Waals surface area contributed by atoms with Crippen molar-refractivity contribution in [2.24, 2.45) is 10.5 Å². The first kappa shape index (κ1) is 32.7. The highest BCUT2D eigenvalue weighted by Crippen LogP contribution is 2.53. The molecule has 41 heavy (non-hydrogen) atoms. The van der Waals surface area contributed by atoms with Crippen LogP contribution < -0.4 is 5.32 Å². The predicted molar refractivity (Wildman–Crippen MR) is 153 cm³/mol. The highest BCUT2D eigenvalue weighted by atomic mass is 35.5. The summed E-state index contributed by atoms with van der Waals surface area (Å²) in [5, 5.41) is 36.6. The van der Waals surface area contributed by atoms with Gasteiger partial charge in [0.15, 0.2) is 0 Å². The fourth-order valence-electron chi connectivity index (χ4n) is 5.81. The summed E-state index contributed by atoms with van der Waals surface area (Å²) in [5.74, 6) is -3.13. The van der Waals surface area contributed by atoms with Crippen molar-refractivity contribution in [1.82, 2.24) is 5.32 Å². The zero-order valence-corrected chi connectivity index (χ0v) is 24.3. The average Bonchev–Trinajstić information content (AvgIpc) is 3.23. The van der Waals surface area contributed by atoms with Gasteiger partial charge in [-0.1, -0.05) is 60.4 Å². The molecular weight excluding hydrogens is 575 g/mol. The first-order valence-corrected chi connectivity index (χ1v) is 14.1. The molecule has 8 nitrogen and oxygen atoms in total. The van der Waals surface area contributed by atoms with Gasteiger partial charge in [0.2, 0.25) is 0 Å². The molecule has 0 radical (unpaired) electrons. The van der Waals surface area contributed by atoms with E-state index in [1.165, 1.54) is 30.3 Å². The maximum atomic E-state index is 15.7. The van der Waals surface area contributed by atoms with Gasteiger partial charge in [0.25, 0.3) is 0 Å². The predicted octanol–water partition coefficient (Wildman–Crippen LogP) is 6.37. The number of hydrogen-bond donors (Lipinski definition) is 3. The molecule has 5 atom stereocenters. The number of aliphatic hydroxyl groups is 2. The van der Waals surface area contributed by atoms with E-state index in [1.807, 2.05) is 13.8 Å². The number of carbonyl (C=O) groups excluding carboxylic acids is 1. The van der Waals surface area contributed by atoms with E-state index in [9.17, 15) is 15.2 Å². The Labute approximate surface area is 247 Å². The fraction of sp³-hybridized carbons (Fsp3) is 0.517. The van der Waals surface area contributed by atoms with Crippen LogP contribution in [0.15, 0.2) is 41.5 Å². The molecule has 0 aromatic heterocycles. The Kier molecular flexibility index (Phi) is 11.1. The monoisotopic (exact) mass is 607 g/mol. The highest BCUT2D eigenvalue weighted by molar-refractivity contribution is 6.31. The third kappa shape index (κ3) is 7.18. The van der Waals surface area contributed by atoms with Crippen molar-refractivity contribution in [2.45, 2.75) is 75.5 Å². The fourth-order valence-corrected chi connectivity index (χ4v) is 6.15. The van der Waals surface area contributed by atoms with Gasteiger partial charge in [-0.3, -0.25) is 4.79 Å². The molecule has 1 saturated heterocycles. The van der Waals surface area contributed by atoms with Crippen LogP contribution in [0, 0.1) is 28.4 Å². The zero-order valence-electron chi connectivity index (χ0n) is 22.8. The first-order chi connectivity index (χ1) is 19.4. The van der Waals surface area contributed by atoms with Crippen LogP contribution in [0.1, 0.15) is 63.0 Å². The lowest BCUT2D eigenvalue weighted by atomic mass is 9.62. The molecule has 1 fully saturated rings. The van der Waals surface area contributed by atoms with Gasteiger partial charge in [-0.15, -0.1) is 0 Å². The van der Waals surface area contributed by atoms with Gasteiger partial charge in [-0.25, -0.2) is 8.78 Å². The second kappa shape index (κ2) is 13.9. The Balaban J connectivity index is 2.23. The number of Topliss-reactive ketones (excluding diaryl/α,β-unsaturated/α-hetero) is 1. The van der Waals surface area contributed by atoms with Crippen LogP contribution in [0.4, 0.5) is 8.78 Å². The van der Waals surface area contributed by atoms with E-state index < -0.39 is 53.2 Å². The van der Waals surface area contributed by atoms with Crippen LogP contribution in [0.2, 0.25) is 10.0 Å². The van der Waals surface area contributed by atoms with Crippen molar-refractivity contribution in [2.75, 3.05) is 13.2 Å². The Hall–Kier alpha value is -2.77. The van der Waals surface area contributed by atoms with Crippen LogP contribution >= 0.6 is 23.2 Å². The second-order valence-electron chi connectivity index (χ2n) is 11.2. The third-order valence-electron chi connectivity index (χ3n) is 7.86. The molecule has 3 N–H and O–H groups in total. The summed E-state index contributed by atoms with van der Waals surface area (Å²) in [5.41, 5.74) is 6.36. The van der Waals surface area contributed by atoms with E-state index in [2.05, 4.69) is 21.4 Å². The minimum atomic E-state index is -1.78. The molecule has 1 aliphatic rings. The van der Waals surface area contributed by atoms with Gasteiger partial charge in [0, 0.05) is 40.4 Å². The third-order valence-corrected chi connectivity index (χ3v) is 8.39. The molecule has 3 rings (SSSR count). The number of aliphatic hydroxyl groups excluding tert-OH is 2. The first-order valence-electron chi connectivity index (χ1n) is 13.3. The number of nitrogens with zero attached hydrogens (tertiary/aromatic N) is 4. The van der Waals surface area contributed by atoms with E-state index in [4.69, 9.17) is 33.8 Å². The largest absolute Gasteiger partial charge is 0.394 e. The molecule has 0 unspecified atom stereocenters. The van der Waals surface area contributed by atoms with Gasteiger partial charge in [-0.2, -0.15) is 5.26 Å². The molecule has 0 saturated carbocycles. The van der Waals surface area contributed by atoms with Crippen LogP contribution in [0.25, 0.3) is 10.4 Å². The topological polar surface area (TPSA) is 142 Å². The minimum Gasteiger partial charge on any atom is -0.394 e. The molecule has 0 spiro atoms. The van der Waals surface area contributed by atoms with Gasteiger partial charge >= 0.3 is 0 Å². The van der Waals surface area contributed by atoms with Gasteiger partial charge in [0.1, 0.15) is 22.8 Å². The van der Waals surface area contributed by atoms with E-state index in [1.54, 1.807) is 0 Å². The molecule has 0 amide bonds. The number of halogens is 4. The lowest BCUT2D eigenvalue weighted by Gasteiger charge is -2.38. The molecule has 12 heteroatoms. The number of nitriles is 1. The molecule has 0 aliphatic carbocycles. The van der Waals surface area contributed by atoms with Crippen LogP contribution in [-0.2, 0) is 10.2 Å². The number of ketones is 1. The second-order valence-corrected chi connectivity index (χ2v) is 12.0. The summed E-state index contributed by atoms with van der Waals surface area (Å²) >= 11 is 12.2. The number of benzene rings is 2. The summed E-state index contributed by atoms with van der Waals surface area (Å²) in [6, 6.07) is 8.56. The lowest BCUT2D eigenvalue weighted by Crippen LogP contribution is -2.45. The maximum Gasteiger partial charge on any atom is 0.150 e. The lowest BCUT2D eigenvalue weighted by molar-refractivity contribution is -0.121. The van der Waals surface area contributed by atoms with Gasteiger partial charge in [0.05, 0.1) is 29.8 Å². The van der Waals surface area contributed by atoms with Gasteiger partial charge in [-0.05, 0) is 60.4 Å².